The first-order valence-electron chi connectivity index (χ1n) is 11.0. The predicted molar refractivity (Wildman–Crippen MR) is 132 cm³/mol. The van der Waals surface area contributed by atoms with Crippen molar-refractivity contribution in [2.24, 2.45) is 0 Å². The fraction of sp³-hybridized carbons (Fsp3) is 0.400. The number of hydrogen-bond acceptors (Lipinski definition) is 6. The second-order valence-corrected chi connectivity index (χ2v) is 9.54. The van der Waals surface area contributed by atoms with Gasteiger partial charge in [0.15, 0.2) is 11.0 Å². The predicted octanol–water partition coefficient (Wildman–Crippen LogP) is 5.08. The summed E-state index contributed by atoms with van der Waals surface area (Å²) in [6.07, 6.45) is 0. The highest BCUT2D eigenvalue weighted by molar-refractivity contribution is 8.00. The number of ether oxygens (including phenoxy) is 2. The van der Waals surface area contributed by atoms with Gasteiger partial charge in [-0.1, -0.05) is 23.9 Å². The average Bonchev–Trinajstić information content (AvgIpc) is 3.21. The van der Waals surface area contributed by atoms with Gasteiger partial charge in [0.1, 0.15) is 11.5 Å². The van der Waals surface area contributed by atoms with Crippen molar-refractivity contribution >= 4 is 17.7 Å². The molecule has 1 aromatic heterocycles. The summed E-state index contributed by atoms with van der Waals surface area (Å²) in [4.78, 5) is 15.2. The van der Waals surface area contributed by atoms with Gasteiger partial charge in [-0.15, -0.1) is 10.2 Å². The fourth-order valence-corrected chi connectivity index (χ4v) is 4.76. The lowest BCUT2D eigenvalue weighted by atomic mass is 10.2. The molecule has 0 bridgehead atoms. The third-order valence-electron chi connectivity index (χ3n) is 5.31. The van der Waals surface area contributed by atoms with Gasteiger partial charge in [-0.3, -0.25) is 9.36 Å². The van der Waals surface area contributed by atoms with E-state index in [9.17, 15) is 4.79 Å². The molecule has 0 radical (unpaired) electrons. The molecule has 0 aliphatic carbocycles. The van der Waals surface area contributed by atoms with Crippen LogP contribution in [0.2, 0.25) is 0 Å². The van der Waals surface area contributed by atoms with Gasteiger partial charge in [0.2, 0.25) is 5.91 Å². The first-order chi connectivity index (χ1) is 15.8. The van der Waals surface area contributed by atoms with Crippen LogP contribution in [0.1, 0.15) is 34.6 Å². The zero-order valence-electron chi connectivity index (χ0n) is 20.3. The number of thioether (sulfide) groups is 1. The molecule has 176 valence electrons. The molecule has 3 aromatic rings. The molecule has 0 aliphatic rings. The van der Waals surface area contributed by atoms with E-state index in [1.807, 2.05) is 92.6 Å². The van der Waals surface area contributed by atoms with E-state index in [1.54, 1.807) is 14.2 Å². The van der Waals surface area contributed by atoms with Gasteiger partial charge in [0.25, 0.3) is 0 Å². The van der Waals surface area contributed by atoms with Gasteiger partial charge in [0, 0.05) is 12.1 Å². The van der Waals surface area contributed by atoms with E-state index in [-0.39, 0.29) is 23.2 Å². The second kappa shape index (κ2) is 10.7. The van der Waals surface area contributed by atoms with Crippen molar-refractivity contribution in [2.45, 2.75) is 57.1 Å². The minimum atomic E-state index is -0.332. The summed E-state index contributed by atoms with van der Waals surface area (Å²) < 4.78 is 12.8. The van der Waals surface area contributed by atoms with Crippen molar-refractivity contribution in [1.82, 2.24) is 19.7 Å². The molecular formula is C25H32N4O3S. The van der Waals surface area contributed by atoms with Crippen molar-refractivity contribution < 1.29 is 14.3 Å². The number of aromatic nitrogens is 3. The Labute approximate surface area is 200 Å². The molecular weight excluding hydrogens is 436 g/mol. The molecule has 1 atom stereocenters. The Morgan fingerprint density at radius 1 is 0.909 bits per heavy atom. The normalized spacial score (nSPS) is 12.2. The molecule has 0 saturated heterocycles. The van der Waals surface area contributed by atoms with E-state index in [0.29, 0.717) is 16.7 Å². The monoisotopic (exact) mass is 468 g/mol. The summed E-state index contributed by atoms with van der Waals surface area (Å²) in [7, 11) is 3.27. The van der Waals surface area contributed by atoms with E-state index in [4.69, 9.17) is 9.47 Å². The van der Waals surface area contributed by atoms with E-state index >= 15 is 0 Å². The fourth-order valence-electron chi connectivity index (χ4n) is 3.84. The van der Waals surface area contributed by atoms with E-state index in [2.05, 4.69) is 10.2 Å². The van der Waals surface area contributed by atoms with Crippen LogP contribution in [0.25, 0.3) is 17.1 Å². The number of carbonyl (C=O) groups is 1. The maximum atomic E-state index is 13.3. The first kappa shape index (κ1) is 24.6. The van der Waals surface area contributed by atoms with Gasteiger partial charge in [-0.05, 0) is 71.0 Å². The molecule has 1 heterocycles. The lowest BCUT2D eigenvalue weighted by molar-refractivity contribution is -0.133. The van der Waals surface area contributed by atoms with E-state index < -0.39 is 0 Å². The van der Waals surface area contributed by atoms with E-state index in [1.165, 1.54) is 11.8 Å². The third-order valence-corrected chi connectivity index (χ3v) is 6.34. The molecule has 0 N–H and O–H groups in total. The largest absolute Gasteiger partial charge is 0.497 e. The molecule has 33 heavy (non-hydrogen) atoms. The number of hydrogen-bond donors (Lipinski definition) is 0. The van der Waals surface area contributed by atoms with Crippen LogP contribution >= 0.6 is 11.8 Å². The van der Waals surface area contributed by atoms with Crippen LogP contribution in [-0.2, 0) is 4.79 Å². The molecule has 7 nitrogen and oxygen atoms in total. The first-order valence-corrected chi connectivity index (χ1v) is 11.9. The Kier molecular flexibility index (Phi) is 8.02. The zero-order valence-corrected chi connectivity index (χ0v) is 21.1. The van der Waals surface area contributed by atoms with Crippen LogP contribution in [0.15, 0.2) is 53.7 Å². The number of amides is 1. The second-order valence-electron chi connectivity index (χ2n) is 8.23. The molecule has 0 aliphatic heterocycles. The Bertz CT molecular complexity index is 1070. The summed E-state index contributed by atoms with van der Waals surface area (Å²) in [5, 5.41) is 9.28. The number of nitrogens with zero attached hydrogens (tertiary/aromatic N) is 4. The summed E-state index contributed by atoms with van der Waals surface area (Å²) >= 11 is 1.40. The summed E-state index contributed by atoms with van der Waals surface area (Å²) in [6, 6.07) is 15.6. The minimum absolute atomic E-state index is 0.0770. The average molecular weight is 469 g/mol. The Morgan fingerprint density at radius 3 is 2.12 bits per heavy atom. The standard InChI is InChI=1S/C25H32N4O3S/c1-16(2)28(17(3)4)24(30)18(5)33-25-27-26-23(21-10-8-9-11-22(21)32-7)29(25)19-12-14-20(31-6)15-13-19/h8-18H,1-7H3. The number of carbonyl (C=O) groups excluding carboxylic acids is 1. The highest BCUT2D eigenvalue weighted by Crippen LogP contribution is 2.35. The summed E-state index contributed by atoms with van der Waals surface area (Å²) in [6.45, 7) is 10.1. The summed E-state index contributed by atoms with van der Waals surface area (Å²) in [5.74, 6) is 2.18. The summed E-state index contributed by atoms with van der Waals surface area (Å²) in [5.41, 5.74) is 1.69. The van der Waals surface area contributed by atoms with Crippen LogP contribution in [0.3, 0.4) is 0 Å². The van der Waals surface area contributed by atoms with Gasteiger partial charge in [-0.2, -0.15) is 0 Å². The molecule has 1 unspecified atom stereocenters. The third kappa shape index (κ3) is 5.33. The number of methoxy groups -OCH3 is 2. The lowest BCUT2D eigenvalue weighted by Crippen LogP contribution is -2.45. The SMILES string of the molecule is COc1ccc(-n2c(SC(C)C(=O)N(C(C)C)C(C)C)nnc2-c2ccccc2OC)cc1. The van der Waals surface area contributed by atoms with Crippen LogP contribution in [-0.4, -0.2) is 57.1 Å². The van der Waals surface area contributed by atoms with Crippen molar-refractivity contribution in [2.75, 3.05) is 14.2 Å². The number of rotatable bonds is 9. The molecule has 0 spiro atoms. The van der Waals surface area contributed by atoms with Crippen LogP contribution < -0.4 is 9.47 Å². The molecule has 0 saturated carbocycles. The molecule has 2 aromatic carbocycles. The maximum absolute atomic E-state index is 13.3. The van der Waals surface area contributed by atoms with Crippen LogP contribution in [0.5, 0.6) is 11.5 Å². The number of benzene rings is 2. The van der Waals surface area contributed by atoms with Gasteiger partial charge >= 0.3 is 0 Å². The highest BCUT2D eigenvalue weighted by Gasteiger charge is 2.28. The molecule has 1 amide bonds. The quantitative estimate of drug-likeness (QED) is 0.408. The Balaban J connectivity index is 2.06. The number of para-hydroxylation sites is 1. The maximum Gasteiger partial charge on any atom is 0.236 e. The lowest BCUT2D eigenvalue weighted by Gasteiger charge is -2.32. The topological polar surface area (TPSA) is 69.5 Å². The smallest absolute Gasteiger partial charge is 0.236 e. The van der Waals surface area contributed by atoms with Crippen LogP contribution in [0, 0.1) is 0 Å². The molecule has 8 heteroatoms. The van der Waals surface area contributed by atoms with Gasteiger partial charge < -0.3 is 14.4 Å². The van der Waals surface area contributed by atoms with Gasteiger partial charge in [0.05, 0.1) is 30.7 Å². The zero-order chi connectivity index (χ0) is 24.1. The van der Waals surface area contributed by atoms with Crippen molar-refractivity contribution in [3.63, 3.8) is 0 Å². The molecule has 0 fully saturated rings. The van der Waals surface area contributed by atoms with Gasteiger partial charge in [-0.25, -0.2) is 0 Å². The Hall–Kier alpha value is -3.00. The van der Waals surface area contributed by atoms with Crippen LogP contribution in [0.4, 0.5) is 0 Å². The van der Waals surface area contributed by atoms with Crippen molar-refractivity contribution in [1.29, 1.82) is 0 Å². The van der Waals surface area contributed by atoms with Crippen molar-refractivity contribution in [3.8, 4) is 28.6 Å². The minimum Gasteiger partial charge on any atom is -0.497 e. The van der Waals surface area contributed by atoms with Crippen molar-refractivity contribution in [3.05, 3.63) is 48.5 Å². The highest BCUT2D eigenvalue weighted by atomic mass is 32.2. The van der Waals surface area contributed by atoms with E-state index in [0.717, 1.165) is 17.0 Å². The Morgan fingerprint density at radius 2 is 1.55 bits per heavy atom. The molecule has 3 rings (SSSR count).